The van der Waals surface area contributed by atoms with E-state index in [2.05, 4.69) is 20.8 Å². The van der Waals surface area contributed by atoms with Crippen LogP contribution >= 0.6 is 0 Å². The Hall–Kier alpha value is 0.0348. The molecule has 0 amide bonds. The zero-order valence-electron chi connectivity index (χ0n) is 13.7. The van der Waals surface area contributed by atoms with Gasteiger partial charge in [-0.1, -0.05) is 20.8 Å². The monoisotopic (exact) mass is 292 g/mol. The number of hydrogen-bond acceptors (Lipinski definition) is 4. The Morgan fingerprint density at radius 2 is 1.48 bits per heavy atom. The molecule has 3 heterocycles. The summed E-state index contributed by atoms with van der Waals surface area (Å²) in [6.45, 7) is 9.93. The Morgan fingerprint density at radius 1 is 0.905 bits per heavy atom. The topological polar surface area (TPSA) is 36.9 Å². The molecule has 4 aliphatic rings. The molecule has 1 atom stereocenters. The first-order chi connectivity index (χ1) is 10.00. The fourth-order valence-corrected chi connectivity index (χ4v) is 3.81. The molecule has 4 rings (SSSR count). The van der Waals surface area contributed by atoms with Crippen molar-refractivity contribution in [1.29, 1.82) is 0 Å². The molecule has 4 nitrogen and oxygen atoms in total. The summed E-state index contributed by atoms with van der Waals surface area (Å²) in [6.07, 6.45) is 3.68. The Kier molecular flexibility index (Phi) is 5.04. The van der Waals surface area contributed by atoms with Gasteiger partial charge in [-0.15, -0.1) is 0 Å². The van der Waals surface area contributed by atoms with Gasteiger partial charge in [-0.2, -0.15) is 0 Å². The van der Waals surface area contributed by atoms with Crippen LogP contribution < -0.4 is 0 Å². The summed E-state index contributed by atoms with van der Waals surface area (Å²) >= 11 is 0. The fraction of sp³-hybridized carbons (Fsp3) is 1.00. The fourth-order valence-electron chi connectivity index (χ4n) is 3.81. The average Bonchev–Trinajstić information content (AvgIpc) is 2.31. The third kappa shape index (κ3) is 4.50. The van der Waals surface area contributed by atoms with Gasteiger partial charge >= 0.3 is 14.0 Å². The van der Waals surface area contributed by atoms with Gasteiger partial charge in [0, 0.05) is 26.4 Å². The smallest absolute Gasteiger partial charge is 0.400 e. The van der Waals surface area contributed by atoms with Crippen LogP contribution in [0.3, 0.4) is 0 Å². The van der Waals surface area contributed by atoms with Crippen LogP contribution in [0.5, 0.6) is 0 Å². The maximum Gasteiger partial charge on any atom is 0.400 e. The Balaban J connectivity index is 1.50. The van der Waals surface area contributed by atoms with Crippen molar-refractivity contribution in [3.8, 4) is 0 Å². The lowest BCUT2D eigenvalue weighted by atomic mass is 9.23. The molecule has 2 bridgehead atoms. The van der Waals surface area contributed by atoms with Gasteiger partial charge in [0.05, 0.1) is 0 Å². The first-order valence-corrected chi connectivity index (χ1v) is 8.46. The molecule has 1 unspecified atom stereocenters. The van der Waals surface area contributed by atoms with Crippen molar-refractivity contribution in [2.75, 3.05) is 26.4 Å². The zero-order valence-corrected chi connectivity index (χ0v) is 13.7. The summed E-state index contributed by atoms with van der Waals surface area (Å²) in [7, 11) is 0.314. The van der Waals surface area contributed by atoms with Crippen molar-refractivity contribution in [2.24, 2.45) is 23.2 Å². The molecule has 0 spiro atoms. The molecule has 4 fully saturated rings. The van der Waals surface area contributed by atoms with Gasteiger partial charge in [-0.05, 0) is 42.4 Å². The SMILES string of the molecule is CC1COB(BB2OCC3CC(CO2)C3)OCC(C)(C)C1. The van der Waals surface area contributed by atoms with E-state index in [1.165, 1.54) is 12.8 Å². The molecule has 3 aliphatic heterocycles. The quantitative estimate of drug-likeness (QED) is 0.724. The van der Waals surface area contributed by atoms with Gasteiger partial charge in [-0.3, -0.25) is 0 Å². The molecular formula is C14H27B3O4. The molecule has 1 aliphatic carbocycles. The van der Waals surface area contributed by atoms with Crippen LogP contribution in [-0.2, 0) is 18.6 Å². The van der Waals surface area contributed by atoms with Crippen molar-refractivity contribution in [3.05, 3.63) is 0 Å². The summed E-state index contributed by atoms with van der Waals surface area (Å²) in [5.41, 5.74) is 0.214. The van der Waals surface area contributed by atoms with Crippen LogP contribution in [0.4, 0.5) is 0 Å². The van der Waals surface area contributed by atoms with Crippen LogP contribution in [0.1, 0.15) is 40.0 Å². The Bertz CT molecular complexity index is 337. The summed E-state index contributed by atoms with van der Waals surface area (Å²) in [5, 5.41) is 0. The lowest BCUT2D eigenvalue weighted by Gasteiger charge is -2.39. The number of fused-ring (bicyclic) bond motifs is 4. The molecule has 1 saturated carbocycles. The molecule has 0 aromatic rings. The second kappa shape index (κ2) is 6.65. The molecule has 0 N–H and O–H groups in total. The summed E-state index contributed by atoms with van der Waals surface area (Å²) < 4.78 is 23.7. The molecule has 0 aromatic heterocycles. The van der Waals surface area contributed by atoms with Crippen LogP contribution in [0.25, 0.3) is 0 Å². The highest BCUT2D eigenvalue weighted by molar-refractivity contribution is 7.35. The number of rotatable bonds is 2. The van der Waals surface area contributed by atoms with Crippen molar-refractivity contribution in [3.63, 3.8) is 0 Å². The summed E-state index contributed by atoms with van der Waals surface area (Å²) in [6, 6.07) is 0. The van der Waals surface area contributed by atoms with E-state index in [4.69, 9.17) is 18.6 Å². The van der Waals surface area contributed by atoms with Crippen molar-refractivity contribution >= 4 is 21.1 Å². The maximum absolute atomic E-state index is 5.98. The lowest BCUT2D eigenvalue weighted by molar-refractivity contribution is 0.0323. The predicted octanol–water partition coefficient (Wildman–Crippen LogP) is 1.56. The van der Waals surface area contributed by atoms with E-state index >= 15 is 0 Å². The zero-order chi connectivity index (χ0) is 14.9. The number of hydrogen-bond donors (Lipinski definition) is 0. The van der Waals surface area contributed by atoms with Crippen LogP contribution in [-0.4, -0.2) is 47.5 Å². The van der Waals surface area contributed by atoms with Gasteiger partial charge in [-0.25, -0.2) is 0 Å². The van der Waals surface area contributed by atoms with Crippen molar-refractivity contribution in [1.82, 2.24) is 0 Å². The minimum absolute atomic E-state index is 0.168. The van der Waals surface area contributed by atoms with Crippen molar-refractivity contribution in [2.45, 2.75) is 40.0 Å². The third-order valence-electron chi connectivity index (χ3n) is 4.88. The van der Waals surface area contributed by atoms with E-state index in [1.54, 1.807) is 0 Å². The van der Waals surface area contributed by atoms with E-state index in [0.29, 0.717) is 13.0 Å². The molecular weight excluding hydrogens is 265 g/mol. The van der Waals surface area contributed by atoms with Gasteiger partial charge in [0.1, 0.15) is 0 Å². The second-order valence-corrected chi connectivity index (χ2v) is 8.08. The maximum atomic E-state index is 5.98. The summed E-state index contributed by atoms with van der Waals surface area (Å²) in [5.74, 6) is 2.07. The minimum Gasteiger partial charge on any atom is -0.418 e. The summed E-state index contributed by atoms with van der Waals surface area (Å²) in [4.78, 5) is 0. The molecule has 0 radical (unpaired) electrons. The van der Waals surface area contributed by atoms with E-state index in [-0.39, 0.29) is 19.4 Å². The second-order valence-electron chi connectivity index (χ2n) is 8.08. The normalized spacial score (nSPS) is 36.8. The largest absolute Gasteiger partial charge is 0.418 e. The Morgan fingerprint density at radius 3 is 2.14 bits per heavy atom. The van der Waals surface area contributed by atoms with Gasteiger partial charge in [0.15, 0.2) is 0 Å². The van der Waals surface area contributed by atoms with E-state index < -0.39 is 0 Å². The van der Waals surface area contributed by atoms with E-state index in [0.717, 1.165) is 44.7 Å². The van der Waals surface area contributed by atoms with Gasteiger partial charge in [0.2, 0.25) is 7.06 Å². The van der Waals surface area contributed by atoms with Gasteiger partial charge in [0.25, 0.3) is 0 Å². The molecule has 3 saturated heterocycles. The minimum atomic E-state index is -0.201. The van der Waals surface area contributed by atoms with Crippen LogP contribution in [0, 0.1) is 23.2 Å². The standard InChI is InChI=1S/C14H27B3O4/c1-11-6-14(2,3)10-21-17(18-7-11)15-16-19-8-12-4-13(5-12)9-20-16/h11-13,15H,4-10H2,1-3H3. The van der Waals surface area contributed by atoms with Gasteiger partial charge < -0.3 is 18.6 Å². The van der Waals surface area contributed by atoms with E-state index in [1.807, 2.05) is 0 Å². The predicted molar refractivity (Wildman–Crippen MR) is 86.2 cm³/mol. The highest BCUT2D eigenvalue weighted by Crippen LogP contribution is 2.35. The van der Waals surface area contributed by atoms with Crippen LogP contribution in [0.2, 0.25) is 0 Å². The molecule has 21 heavy (non-hydrogen) atoms. The lowest BCUT2D eigenvalue weighted by Crippen LogP contribution is -2.50. The van der Waals surface area contributed by atoms with Crippen molar-refractivity contribution < 1.29 is 18.6 Å². The van der Waals surface area contributed by atoms with E-state index in [9.17, 15) is 0 Å². The first kappa shape index (κ1) is 15.9. The first-order valence-electron chi connectivity index (χ1n) is 8.46. The molecule has 0 aromatic carbocycles. The molecule has 116 valence electrons. The average molecular weight is 292 g/mol. The Labute approximate surface area is 130 Å². The molecule has 7 heteroatoms. The van der Waals surface area contributed by atoms with Crippen LogP contribution in [0.15, 0.2) is 0 Å². The third-order valence-corrected chi connectivity index (χ3v) is 4.88. The highest BCUT2D eigenvalue weighted by atomic mass is 16.6. The highest BCUT2D eigenvalue weighted by Gasteiger charge is 2.39.